The summed E-state index contributed by atoms with van der Waals surface area (Å²) in [5.74, 6) is -0.170. The van der Waals surface area contributed by atoms with E-state index in [4.69, 9.17) is 19.5 Å². The van der Waals surface area contributed by atoms with E-state index in [1.54, 1.807) is 31.2 Å². The van der Waals surface area contributed by atoms with Gasteiger partial charge < -0.3 is 19.6 Å². The summed E-state index contributed by atoms with van der Waals surface area (Å²) in [4.78, 5) is 10.9. The van der Waals surface area contributed by atoms with Crippen molar-refractivity contribution in [2.24, 2.45) is 0 Å². The van der Waals surface area contributed by atoms with E-state index >= 15 is 0 Å². The van der Waals surface area contributed by atoms with E-state index in [1.807, 2.05) is 0 Å². The Kier molecular flexibility index (Phi) is 4.14. The lowest BCUT2D eigenvalue weighted by molar-refractivity contribution is 0.0659. The van der Waals surface area contributed by atoms with Crippen molar-refractivity contribution in [2.45, 2.75) is 13.5 Å². The highest BCUT2D eigenvalue weighted by Gasteiger charge is 2.15. The van der Waals surface area contributed by atoms with E-state index < -0.39 is 5.97 Å². The van der Waals surface area contributed by atoms with Crippen molar-refractivity contribution in [1.82, 2.24) is 0 Å². The molecule has 1 aromatic carbocycles. The molecule has 1 aromatic heterocycles. The number of nitriles is 1. The summed E-state index contributed by atoms with van der Waals surface area (Å²) in [5, 5.41) is 21.1. The summed E-state index contributed by atoms with van der Waals surface area (Å²) < 4.78 is 10.5. The zero-order chi connectivity index (χ0) is 15.4. The molecule has 0 aliphatic carbocycles. The van der Waals surface area contributed by atoms with E-state index in [2.05, 4.69) is 11.4 Å². The van der Waals surface area contributed by atoms with Crippen molar-refractivity contribution < 1.29 is 19.1 Å². The number of carboxylic acids is 1. The van der Waals surface area contributed by atoms with Gasteiger partial charge in [-0.1, -0.05) is 6.07 Å². The number of carbonyl (C=O) groups is 1. The van der Waals surface area contributed by atoms with Gasteiger partial charge in [-0.3, -0.25) is 0 Å². The number of hydrogen-bond acceptors (Lipinski definition) is 5. The molecule has 0 aliphatic rings. The molecule has 0 radical (unpaired) electrons. The van der Waals surface area contributed by atoms with E-state index in [0.717, 1.165) is 0 Å². The fourth-order valence-electron chi connectivity index (χ4n) is 2.00. The molecule has 2 aromatic rings. The Bertz CT molecular complexity index is 713. The van der Waals surface area contributed by atoms with Crippen LogP contribution in [0.15, 0.2) is 28.7 Å². The van der Waals surface area contributed by atoms with Crippen LogP contribution in [0.4, 0.5) is 5.69 Å². The summed E-state index contributed by atoms with van der Waals surface area (Å²) in [6, 6.07) is 8.85. The lowest BCUT2D eigenvalue weighted by Crippen LogP contribution is -2.03. The monoisotopic (exact) mass is 286 g/mol. The molecule has 2 N–H and O–H groups in total. The molecule has 6 heteroatoms. The van der Waals surface area contributed by atoms with Crippen LogP contribution in [0.1, 0.15) is 27.4 Å². The normalized spacial score (nSPS) is 9.95. The molecule has 0 atom stereocenters. The Labute approximate surface area is 121 Å². The smallest absolute Gasteiger partial charge is 0.372 e. The number of carboxylic acid groups (broad SMARTS) is 1. The number of aromatic carboxylic acids is 1. The topological polar surface area (TPSA) is 95.5 Å². The van der Waals surface area contributed by atoms with Gasteiger partial charge >= 0.3 is 5.97 Å². The van der Waals surface area contributed by atoms with Crippen LogP contribution >= 0.6 is 0 Å². The number of para-hydroxylation sites is 1. The zero-order valence-corrected chi connectivity index (χ0v) is 11.6. The Hall–Kier alpha value is -2.94. The van der Waals surface area contributed by atoms with Gasteiger partial charge in [0, 0.05) is 5.56 Å². The fraction of sp³-hybridized carbons (Fsp3) is 0.200. The maximum atomic E-state index is 10.9. The number of furan rings is 1. The van der Waals surface area contributed by atoms with E-state index in [0.29, 0.717) is 28.3 Å². The average Bonchev–Trinajstić information content (AvgIpc) is 2.85. The number of hydrogen-bond donors (Lipinski definition) is 2. The molecule has 0 amide bonds. The van der Waals surface area contributed by atoms with Crippen molar-refractivity contribution in [1.29, 1.82) is 5.26 Å². The molecule has 0 spiro atoms. The molecule has 0 saturated heterocycles. The van der Waals surface area contributed by atoms with Gasteiger partial charge in [0.25, 0.3) is 0 Å². The number of aryl methyl sites for hydroxylation is 1. The van der Waals surface area contributed by atoms with Crippen molar-refractivity contribution in [3.63, 3.8) is 0 Å². The number of nitrogens with zero attached hydrogens (tertiary/aromatic N) is 1. The lowest BCUT2D eigenvalue weighted by atomic mass is 10.1. The first-order valence-electron chi connectivity index (χ1n) is 6.20. The predicted molar refractivity (Wildman–Crippen MR) is 75.4 cm³/mol. The number of methoxy groups -OCH3 is 1. The number of anilines is 1. The highest BCUT2D eigenvalue weighted by atomic mass is 16.5. The highest BCUT2D eigenvalue weighted by molar-refractivity contribution is 5.86. The molecular formula is C15H14N2O4. The van der Waals surface area contributed by atoms with Gasteiger partial charge in [0.15, 0.2) is 0 Å². The summed E-state index contributed by atoms with van der Waals surface area (Å²) in [7, 11) is 1.52. The first-order valence-corrected chi connectivity index (χ1v) is 6.20. The van der Waals surface area contributed by atoms with Crippen molar-refractivity contribution in [3.05, 3.63) is 46.9 Å². The standard InChI is InChI=1S/C15H14N2O4/c1-9-6-11(21-14(9)15(18)19)8-17-13-10(7-16)4-3-5-12(13)20-2/h3-6,17H,8H2,1-2H3,(H,18,19). The van der Waals surface area contributed by atoms with Gasteiger partial charge in [-0.2, -0.15) is 5.26 Å². The van der Waals surface area contributed by atoms with Gasteiger partial charge in [-0.25, -0.2) is 4.79 Å². The lowest BCUT2D eigenvalue weighted by Gasteiger charge is -2.11. The van der Waals surface area contributed by atoms with Gasteiger partial charge in [-0.15, -0.1) is 0 Å². The second kappa shape index (κ2) is 6.01. The third-order valence-corrected chi connectivity index (χ3v) is 2.97. The maximum Gasteiger partial charge on any atom is 0.372 e. The molecule has 0 saturated carbocycles. The summed E-state index contributed by atoms with van der Waals surface area (Å²) in [6.45, 7) is 1.92. The summed E-state index contributed by atoms with van der Waals surface area (Å²) in [6.07, 6.45) is 0. The van der Waals surface area contributed by atoms with Gasteiger partial charge in [0.1, 0.15) is 17.6 Å². The highest BCUT2D eigenvalue weighted by Crippen LogP contribution is 2.28. The number of rotatable bonds is 5. The van der Waals surface area contributed by atoms with Crippen LogP contribution in [0.2, 0.25) is 0 Å². The van der Waals surface area contributed by atoms with Crippen LogP contribution in [0.5, 0.6) is 5.75 Å². The molecule has 21 heavy (non-hydrogen) atoms. The molecule has 6 nitrogen and oxygen atoms in total. The Morgan fingerprint density at radius 1 is 1.52 bits per heavy atom. The average molecular weight is 286 g/mol. The second-order valence-corrected chi connectivity index (χ2v) is 4.38. The zero-order valence-electron chi connectivity index (χ0n) is 11.6. The molecule has 0 bridgehead atoms. The largest absolute Gasteiger partial charge is 0.495 e. The molecular weight excluding hydrogens is 272 g/mol. The first-order chi connectivity index (χ1) is 10.1. The molecule has 0 fully saturated rings. The van der Waals surface area contributed by atoms with Crippen molar-refractivity contribution in [3.8, 4) is 11.8 Å². The maximum absolute atomic E-state index is 10.9. The SMILES string of the molecule is COc1cccc(C#N)c1NCc1cc(C)c(C(=O)O)o1. The Morgan fingerprint density at radius 2 is 2.29 bits per heavy atom. The van der Waals surface area contributed by atoms with Crippen LogP contribution in [0.25, 0.3) is 0 Å². The van der Waals surface area contributed by atoms with Gasteiger partial charge in [0.2, 0.25) is 5.76 Å². The first kappa shape index (κ1) is 14.5. The van der Waals surface area contributed by atoms with Crippen molar-refractivity contribution in [2.75, 3.05) is 12.4 Å². The number of benzene rings is 1. The van der Waals surface area contributed by atoms with Crippen LogP contribution in [0.3, 0.4) is 0 Å². The summed E-state index contributed by atoms with van der Waals surface area (Å²) >= 11 is 0. The third kappa shape index (κ3) is 2.98. The molecule has 2 rings (SSSR count). The predicted octanol–water partition coefficient (Wildman–Crippen LogP) is 2.78. The Morgan fingerprint density at radius 3 is 2.86 bits per heavy atom. The van der Waals surface area contributed by atoms with Crippen molar-refractivity contribution >= 4 is 11.7 Å². The fourth-order valence-corrected chi connectivity index (χ4v) is 2.00. The van der Waals surface area contributed by atoms with Crippen LogP contribution in [-0.4, -0.2) is 18.2 Å². The van der Waals surface area contributed by atoms with Gasteiger partial charge in [0.05, 0.1) is 24.9 Å². The summed E-state index contributed by atoms with van der Waals surface area (Å²) in [5.41, 5.74) is 1.55. The molecule has 108 valence electrons. The third-order valence-electron chi connectivity index (χ3n) is 2.97. The van der Waals surface area contributed by atoms with E-state index in [9.17, 15) is 4.79 Å². The Balaban J connectivity index is 2.23. The van der Waals surface area contributed by atoms with E-state index in [-0.39, 0.29) is 12.3 Å². The quantitative estimate of drug-likeness (QED) is 0.877. The minimum absolute atomic E-state index is 0.0765. The number of ether oxygens (including phenoxy) is 1. The minimum Gasteiger partial charge on any atom is -0.495 e. The minimum atomic E-state index is -1.10. The van der Waals surface area contributed by atoms with E-state index in [1.165, 1.54) is 7.11 Å². The van der Waals surface area contributed by atoms with Crippen LogP contribution in [0, 0.1) is 18.3 Å². The van der Waals surface area contributed by atoms with Gasteiger partial charge in [-0.05, 0) is 25.1 Å². The molecule has 1 heterocycles. The van der Waals surface area contributed by atoms with Crippen LogP contribution < -0.4 is 10.1 Å². The molecule has 0 unspecified atom stereocenters. The molecule has 0 aliphatic heterocycles. The second-order valence-electron chi connectivity index (χ2n) is 4.38. The number of nitrogens with one attached hydrogen (secondary N) is 1. The van der Waals surface area contributed by atoms with Crippen LogP contribution in [-0.2, 0) is 6.54 Å².